The first-order valence-electron chi connectivity index (χ1n) is 13.1. The van der Waals surface area contributed by atoms with Gasteiger partial charge in [0, 0.05) is 28.9 Å². The average Bonchev–Trinajstić information content (AvgIpc) is 3.38. The number of nitrogens with one attached hydrogen (secondary N) is 2. The molecular formula is C31H28ClN3O6S2. The molecule has 1 aliphatic rings. The number of hydrogen-bond acceptors (Lipinski definition) is 7. The third kappa shape index (κ3) is 7.07. The number of thioether (sulfide) groups is 1. The summed E-state index contributed by atoms with van der Waals surface area (Å²) in [5.74, 6) is 0.922. The summed E-state index contributed by atoms with van der Waals surface area (Å²) in [6.45, 7) is 0.463. The highest BCUT2D eigenvalue weighted by Gasteiger charge is 2.32. The third-order valence-corrected chi connectivity index (χ3v) is 9.66. The van der Waals surface area contributed by atoms with E-state index in [1.807, 2.05) is 29.2 Å². The fraction of sp³-hybridized carbons (Fsp3) is 0.161. The standard InChI is InChI=1S/C31H28ClN3O6S2/c1-40-25-13-16-27(28(17-25)41-2)34-43(38,39)26-14-11-24(12-15-26)33-30(37)21-5-7-22(8-6-21)31-35(29(36)19-42-31)18-20-3-9-23(32)10-4-20/h3-17,31,34H,18-19H2,1-2H3,(H,33,37)/t31-/m0/s1. The molecule has 1 atom stereocenters. The molecule has 0 aromatic heterocycles. The van der Waals surface area contributed by atoms with Crippen LogP contribution in [0, 0.1) is 0 Å². The Kier molecular flexibility index (Phi) is 9.14. The number of benzene rings is 4. The van der Waals surface area contributed by atoms with E-state index in [0.717, 1.165) is 11.1 Å². The van der Waals surface area contributed by atoms with Crippen LogP contribution in [-0.4, -0.2) is 45.1 Å². The van der Waals surface area contributed by atoms with Crippen LogP contribution < -0.4 is 19.5 Å². The van der Waals surface area contributed by atoms with E-state index < -0.39 is 10.0 Å². The molecule has 5 rings (SSSR count). The van der Waals surface area contributed by atoms with Gasteiger partial charge in [-0.1, -0.05) is 35.9 Å². The number of hydrogen-bond donors (Lipinski definition) is 2. The summed E-state index contributed by atoms with van der Waals surface area (Å²) in [5.41, 5.74) is 3.01. The zero-order chi connectivity index (χ0) is 30.6. The van der Waals surface area contributed by atoms with Crippen LogP contribution >= 0.6 is 23.4 Å². The summed E-state index contributed by atoms with van der Waals surface area (Å²) < 4.78 is 38.9. The lowest BCUT2D eigenvalue weighted by molar-refractivity contribution is -0.128. The van der Waals surface area contributed by atoms with Crippen LogP contribution in [0.2, 0.25) is 5.02 Å². The Balaban J connectivity index is 1.23. The second kappa shape index (κ2) is 13.0. The first-order valence-corrected chi connectivity index (χ1v) is 16.0. The Labute approximate surface area is 259 Å². The molecule has 4 aromatic carbocycles. The second-order valence-electron chi connectivity index (χ2n) is 9.58. The molecule has 1 heterocycles. The van der Waals surface area contributed by atoms with Crippen LogP contribution in [0.4, 0.5) is 11.4 Å². The highest BCUT2D eigenvalue weighted by molar-refractivity contribution is 8.00. The SMILES string of the molecule is COc1ccc(NS(=O)(=O)c2ccc(NC(=O)c3ccc([C@@H]4SCC(=O)N4Cc4ccc(Cl)cc4)cc3)cc2)c(OC)c1. The zero-order valence-corrected chi connectivity index (χ0v) is 25.6. The molecule has 0 saturated carbocycles. The van der Waals surface area contributed by atoms with Crippen molar-refractivity contribution in [1.29, 1.82) is 0 Å². The van der Waals surface area contributed by atoms with E-state index in [9.17, 15) is 18.0 Å². The van der Waals surface area contributed by atoms with Gasteiger partial charge in [0.15, 0.2) is 0 Å². The number of rotatable bonds is 10. The van der Waals surface area contributed by atoms with Gasteiger partial charge in [0.05, 0.1) is 30.6 Å². The molecule has 2 amide bonds. The van der Waals surface area contributed by atoms with Gasteiger partial charge >= 0.3 is 0 Å². The molecule has 1 fully saturated rings. The van der Waals surface area contributed by atoms with E-state index >= 15 is 0 Å². The van der Waals surface area contributed by atoms with Gasteiger partial charge in [-0.05, 0) is 71.8 Å². The summed E-state index contributed by atoms with van der Waals surface area (Å²) >= 11 is 7.53. The average molecular weight is 638 g/mol. The molecule has 1 aliphatic heterocycles. The lowest BCUT2D eigenvalue weighted by Crippen LogP contribution is -2.27. The number of anilines is 2. The number of nitrogens with zero attached hydrogens (tertiary/aromatic N) is 1. The van der Waals surface area contributed by atoms with Crippen LogP contribution in [-0.2, 0) is 21.4 Å². The number of carbonyl (C=O) groups excluding carboxylic acids is 2. The molecule has 0 spiro atoms. The van der Waals surface area contributed by atoms with Crippen molar-refractivity contribution in [2.75, 3.05) is 30.0 Å². The topological polar surface area (TPSA) is 114 Å². The summed E-state index contributed by atoms with van der Waals surface area (Å²) in [5, 5.41) is 3.26. The molecule has 0 radical (unpaired) electrons. The van der Waals surface area contributed by atoms with Crippen molar-refractivity contribution in [3.05, 3.63) is 113 Å². The van der Waals surface area contributed by atoms with Crippen molar-refractivity contribution in [2.24, 2.45) is 0 Å². The maximum atomic E-state index is 13.0. The molecule has 12 heteroatoms. The Morgan fingerprint density at radius 3 is 2.30 bits per heavy atom. The molecule has 9 nitrogen and oxygen atoms in total. The molecule has 4 aromatic rings. The number of ether oxygens (including phenoxy) is 2. The van der Waals surface area contributed by atoms with Gasteiger partial charge in [0.25, 0.3) is 15.9 Å². The number of sulfonamides is 1. The zero-order valence-electron chi connectivity index (χ0n) is 23.2. The molecule has 0 aliphatic carbocycles. The molecule has 0 unspecified atom stereocenters. The van der Waals surface area contributed by atoms with Crippen molar-refractivity contribution < 1.29 is 27.5 Å². The van der Waals surface area contributed by atoms with Gasteiger partial charge in [-0.3, -0.25) is 14.3 Å². The van der Waals surface area contributed by atoms with Crippen LogP contribution in [0.5, 0.6) is 11.5 Å². The van der Waals surface area contributed by atoms with Crippen LogP contribution in [0.1, 0.15) is 26.9 Å². The lowest BCUT2D eigenvalue weighted by atomic mass is 10.1. The highest BCUT2D eigenvalue weighted by Crippen LogP contribution is 2.39. The van der Waals surface area contributed by atoms with Crippen molar-refractivity contribution in [1.82, 2.24) is 4.90 Å². The number of carbonyl (C=O) groups is 2. The van der Waals surface area contributed by atoms with Gasteiger partial charge in [0.2, 0.25) is 5.91 Å². The van der Waals surface area contributed by atoms with E-state index in [4.69, 9.17) is 21.1 Å². The van der Waals surface area contributed by atoms with Crippen molar-refractivity contribution in [3.63, 3.8) is 0 Å². The molecule has 1 saturated heterocycles. The van der Waals surface area contributed by atoms with Gasteiger partial charge in [-0.2, -0.15) is 0 Å². The van der Waals surface area contributed by atoms with E-state index in [1.165, 1.54) is 38.5 Å². The Hall–Kier alpha value is -4.19. The Bertz CT molecular complexity index is 1730. The van der Waals surface area contributed by atoms with Gasteiger partial charge < -0.3 is 19.7 Å². The number of amides is 2. The largest absolute Gasteiger partial charge is 0.497 e. The summed E-state index contributed by atoms with van der Waals surface area (Å²) in [4.78, 5) is 27.4. The minimum absolute atomic E-state index is 0.0134. The van der Waals surface area contributed by atoms with Crippen LogP contribution in [0.25, 0.3) is 0 Å². The van der Waals surface area contributed by atoms with Crippen LogP contribution in [0.15, 0.2) is 95.9 Å². The molecule has 2 N–H and O–H groups in total. The van der Waals surface area contributed by atoms with Gasteiger partial charge in [-0.15, -0.1) is 11.8 Å². The van der Waals surface area contributed by atoms with E-state index in [2.05, 4.69) is 10.0 Å². The fourth-order valence-corrected chi connectivity index (χ4v) is 6.88. The Morgan fingerprint density at radius 1 is 0.953 bits per heavy atom. The predicted molar refractivity (Wildman–Crippen MR) is 168 cm³/mol. The van der Waals surface area contributed by atoms with Crippen molar-refractivity contribution >= 4 is 56.6 Å². The van der Waals surface area contributed by atoms with Gasteiger partial charge in [0.1, 0.15) is 16.9 Å². The van der Waals surface area contributed by atoms with E-state index in [-0.39, 0.29) is 27.8 Å². The van der Waals surface area contributed by atoms with Crippen molar-refractivity contribution in [2.45, 2.75) is 16.8 Å². The quantitative estimate of drug-likeness (QED) is 0.213. The van der Waals surface area contributed by atoms with Crippen LogP contribution in [0.3, 0.4) is 0 Å². The summed E-state index contributed by atoms with van der Waals surface area (Å²) in [6.07, 6.45) is 0. The van der Waals surface area contributed by atoms with E-state index in [0.29, 0.717) is 40.1 Å². The minimum atomic E-state index is -3.93. The monoisotopic (exact) mass is 637 g/mol. The Morgan fingerprint density at radius 2 is 1.65 bits per heavy atom. The first-order chi connectivity index (χ1) is 20.7. The molecule has 0 bridgehead atoms. The second-order valence-corrected chi connectivity index (χ2v) is 12.8. The highest BCUT2D eigenvalue weighted by atomic mass is 35.5. The van der Waals surface area contributed by atoms with E-state index in [1.54, 1.807) is 54.2 Å². The normalized spacial score (nSPS) is 14.8. The molecule has 222 valence electrons. The molecular weight excluding hydrogens is 610 g/mol. The summed E-state index contributed by atoms with van der Waals surface area (Å²) in [7, 11) is -0.987. The predicted octanol–water partition coefficient (Wildman–Crippen LogP) is 6.18. The maximum absolute atomic E-state index is 13.0. The fourth-order valence-electron chi connectivity index (χ4n) is 4.49. The van der Waals surface area contributed by atoms with Crippen molar-refractivity contribution in [3.8, 4) is 11.5 Å². The van der Waals surface area contributed by atoms with Gasteiger partial charge in [-0.25, -0.2) is 8.42 Å². The smallest absolute Gasteiger partial charge is 0.262 e. The number of halogens is 1. The lowest BCUT2D eigenvalue weighted by Gasteiger charge is -2.24. The number of methoxy groups -OCH3 is 2. The summed E-state index contributed by atoms with van der Waals surface area (Å²) in [6, 6.07) is 25.1. The first kappa shape index (κ1) is 30.3. The maximum Gasteiger partial charge on any atom is 0.262 e. The third-order valence-electron chi connectivity index (χ3n) is 6.77. The minimum Gasteiger partial charge on any atom is -0.497 e. The molecule has 43 heavy (non-hydrogen) atoms.